The maximum absolute atomic E-state index is 13.1. The van der Waals surface area contributed by atoms with Crippen LogP contribution in [0.1, 0.15) is 62.2 Å². The summed E-state index contributed by atoms with van der Waals surface area (Å²) in [6, 6.07) is 7.56. The summed E-state index contributed by atoms with van der Waals surface area (Å²) in [7, 11) is 0. The van der Waals surface area contributed by atoms with Gasteiger partial charge in [0.05, 0.1) is 13.2 Å². The second kappa shape index (κ2) is 12.2. The lowest BCUT2D eigenvalue weighted by atomic mass is 10.0. The van der Waals surface area contributed by atoms with E-state index in [2.05, 4.69) is 17.0 Å². The third-order valence-corrected chi connectivity index (χ3v) is 5.55. The van der Waals surface area contributed by atoms with Gasteiger partial charge in [-0.25, -0.2) is 4.79 Å². The van der Waals surface area contributed by atoms with Crippen molar-refractivity contribution in [3.05, 3.63) is 53.6 Å². The third-order valence-electron chi connectivity index (χ3n) is 5.55. The molecule has 0 radical (unpaired) electrons. The first-order valence-corrected chi connectivity index (χ1v) is 11.3. The van der Waals surface area contributed by atoms with E-state index in [1.807, 2.05) is 36.4 Å². The Hall–Kier alpha value is -2.73. The first kappa shape index (κ1) is 22.9. The van der Waals surface area contributed by atoms with Gasteiger partial charge in [0.15, 0.2) is 0 Å². The molecule has 1 aliphatic heterocycles. The number of morpholine rings is 1. The molecule has 0 bridgehead atoms. The molecular weight excluding hydrogens is 392 g/mol. The molecule has 1 fully saturated rings. The maximum atomic E-state index is 13.1. The number of oxime groups is 1. The zero-order valence-corrected chi connectivity index (χ0v) is 18.3. The average molecular weight is 425 g/mol. The van der Waals surface area contributed by atoms with Crippen LogP contribution in [0.15, 0.2) is 53.2 Å². The fourth-order valence-electron chi connectivity index (χ4n) is 3.66. The second-order valence-electron chi connectivity index (χ2n) is 7.86. The summed E-state index contributed by atoms with van der Waals surface area (Å²) in [5.41, 5.74) is 2.52. The van der Waals surface area contributed by atoms with Crippen molar-refractivity contribution in [1.29, 1.82) is 0 Å². The molecule has 6 heteroatoms. The Bertz CT molecular complexity index is 834. The summed E-state index contributed by atoms with van der Waals surface area (Å²) in [6.45, 7) is 5.26. The van der Waals surface area contributed by atoms with E-state index in [0.717, 1.165) is 50.9 Å². The van der Waals surface area contributed by atoms with E-state index in [0.29, 0.717) is 42.9 Å². The predicted octanol–water partition coefficient (Wildman–Crippen LogP) is 4.85. The van der Waals surface area contributed by atoms with Gasteiger partial charge in [0.25, 0.3) is 0 Å². The molecule has 0 unspecified atom stereocenters. The van der Waals surface area contributed by atoms with E-state index in [-0.39, 0.29) is 5.78 Å². The van der Waals surface area contributed by atoms with Gasteiger partial charge in [0.2, 0.25) is 5.78 Å². The first-order chi connectivity index (χ1) is 15.2. The number of carbonyl (C=O) groups is 2. The predicted molar refractivity (Wildman–Crippen MR) is 123 cm³/mol. The van der Waals surface area contributed by atoms with Crippen molar-refractivity contribution in [3.63, 3.8) is 0 Å². The number of carbonyl (C=O) groups excluding carboxylic acids is 2. The van der Waals surface area contributed by atoms with Crippen molar-refractivity contribution in [1.82, 2.24) is 0 Å². The molecule has 1 saturated heterocycles. The highest BCUT2D eigenvalue weighted by Gasteiger charge is 2.18. The van der Waals surface area contributed by atoms with Crippen LogP contribution in [0.2, 0.25) is 0 Å². The molecule has 166 valence electrons. The van der Waals surface area contributed by atoms with Crippen LogP contribution in [0.3, 0.4) is 0 Å². The fraction of sp³-hybridized carbons (Fsp3) is 0.480. The monoisotopic (exact) mass is 424 g/mol. The van der Waals surface area contributed by atoms with Gasteiger partial charge >= 0.3 is 5.97 Å². The van der Waals surface area contributed by atoms with Gasteiger partial charge in [-0.2, -0.15) is 0 Å². The Balaban J connectivity index is 1.69. The summed E-state index contributed by atoms with van der Waals surface area (Å²) in [6.07, 6.45) is 11.6. The van der Waals surface area contributed by atoms with Gasteiger partial charge in [0, 0.05) is 29.9 Å². The minimum Gasteiger partial charge on any atom is -0.378 e. The standard InChI is InChI=1S/C25H32N2O4/c1-2-3-4-8-11-23(26-31-25(29)21-9-6-5-7-10-21)24(28)20-12-14-22(15-13-20)27-16-18-30-19-17-27/h5-6,9,12-15H,2-4,7-8,10-11,16-19H2,1H3/b26-23+. The molecule has 2 aliphatic rings. The van der Waals surface area contributed by atoms with E-state index in [9.17, 15) is 9.59 Å². The Labute approximate surface area is 184 Å². The fourth-order valence-corrected chi connectivity index (χ4v) is 3.66. The number of anilines is 1. The highest BCUT2D eigenvalue weighted by molar-refractivity contribution is 6.45. The molecule has 0 N–H and O–H groups in total. The van der Waals surface area contributed by atoms with Crippen LogP contribution in [0.25, 0.3) is 0 Å². The van der Waals surface area contributed by atoms with Gasteiger partial charge in [-0.1, -0.05) is 49.6 Å². The van der Waals surface area contributed by atoms with Crippen molar-refractivity contribution in [2.75, 3.05) is 31.2 Å². The van der Waals surface area contributed by atoms with E-state index in [1.54, 1.807) is 6.08 Å². The Kier molecular flexibility index (Phi) is 9.03. The number of ether oxygens (including phenoxy) is 1. The van der Waals surface area contributed by atoms with Crippen LogP contribution in [-0.4, -0.2) is 43.8 Å². The SMILES string of the molecule is CCCCCC/C(=N\OC(=O)C1=CC=CCC1)C(=O)c1ccc(N2CCOCC2)cc1. The quantitative estimate of drug-likeness (QED) is 0.177. The zero-order chi connectivity index (χ0) is 21.9. The number of ketones is 1. The molecule has 0 saturated carbocycles. The lowest BCUT2D eigenvalue weighted by Gasteiger charge is -2.28. The van der Waals surface area contributed by atoms with Crippen LogP contribution in [-0.2, 0) is 14.4 Å². The summed E-state index contributed by atoms with van der Waals surface area (Å²) < 4.78 is 5.40. The van der Waals surface area contributed by atoms with Crippen LogP contribution in [0.4, 0.5) is 5.69 Å². The molecule has 1 aromatic carbocycles. The molecule has 6 nitrogen and oxygen atoms in total. The molecule has 1 heterocycles. The Morgan fingerprint density at radius 1 is 1.10 bits per heavy atom. The van der Waals surface area contributed by atoms with E-state index < -0.39 is 5.97 Å². The Morgan fingerprint density at radius 3 is 2.55 bits per heavy atom. The van der Waals surface area contributed by atoms with Gasteiger partial charge in [-0.15, -0.1) is 0 Å². The highest BCUT2D eigenvalue weighted by Crippen LogP contribution is 2.19. The molecule has 0 spiro atoms. The van der Waals surface area contributed by atoms with Gasteiger partial charge in [-0.3, -0.25) is 4.79 Å². The lowest BCUT2D eigenvalue weighted by Crippen LogP contribution is -2.36. The average Bonchev–Trinajstić information content (AvgIpc) is 2.84. The number of hydrogen-bond donors (Lipinski definition) is 0. The largest absolute Gasteiger partial charge is 0.378 e. The number of unbranched alkanes of at least 4 members (excludes halogenated alkanes) is 3. The number of Topliss-reactive ketones (excluding diaryl/α,β-unsaturated/α-hetero) is 1. The van der Waals surface area contributed by atoms with Crippen molar-refractivity contribution in [3.8, 4) is 0 Å². The molecule has 0 aromatic heterocycles. The van der Waals surface area contributed by atoms with E-state index in [4.69, 9.17) is 9.57 Å². The minimum absolute atomic E-state index is 0.185. The van der Waals surface area contributed by atoms with E-state index in [1.165, 1.54) is 0 Å². The van der Waals surface area contributed by atoms with Gasteiger partial charge in [0.1, 0.15) is 5.71 Å². The second-order valence-corrected chi connectivity index (χ2v) is 7.86. The summed E-state index contributed by atoms with van der Waals surface area (Å²) in [4.78, 5) is 32.8. The van der Waals surface area contributed by atoms with Gasteiger partial charge in [-0.05, 0) is 49.9 Å². The Morgan fingerprint density at radius 2 is 1.87 bits per heavy atom. The van der Waals surface area contributed by atoms with Crippen LogP contribution in [0.5, 0.6) is 0 Å². The molecule has 0 atom stereocenters. The number of benzene rings is 1. The number of rotatable bonds is 10. The normalized spacial score (nSPS) is 16.7. The number of hydrogen-bond acceptors (Lipinski definition) is 6. The topological polar surface area (TPSA) is 68.2 Å². The molecule has 31 heavy (non-hydrogen) atoms. The molecule has 1 aliphatic carbocycles. The van der Waals surface area contributed by atoms with Crippen molar-refractivity contribution >= 4 is 23.2 Å². The van der Waals surface area contributed by atoms with Crippen LogP contribution in [0, 0.1) is 0 Å². The molecule has 0 amide bonds. The highest BCUT2D eigenvalue weighted by atomic mass is 16.7. The van der Waals surface area contributed by atoms with Crippen molar-refractivity contribution in [2.24, 2.45) is 5.16 Å². The minimum atomic E-state index is -0.481. The summed E-state index contributed by atoms with van der Waals surface area (Å²) >= 11 is 0. The maximum Gasteiger partial charge on any atom is 0.361 e. The van der Waals surface area contributed by atoms with Crippen LogP contribution < -0.4 is 4.90 Å². The van der Waals surface area contributed by atoms with Crippen LogP contribution >= 0.6 is 0 Å². The summed E-state index contributed by atoms with van der Waals surface area (Å²) in [5.74, 6) is -0.666. The third kappa shape index (κ3) is 6.89. The van der Waals surface area contributed by atoms with Crippen molar-refractivity contribution in [2.45, 2.75) is 51.9 Å². The number of nitrogens with zero attached hydrogens (tertiary/aromatic N) is 2. The number of allylic oxidation sites excluding steroid dienone is 3. The molecule has 3 rings (SSSR count). The molecule has 1 aromatic rings. The summed E-state index contributed by atoms with van der Waals surface area (Å²) in [5, 5.41) is 4.01. The molecular formula is C25H32N2O4. The lowest BCUT2D eigenvalue weighted by molar-refractivity contribution is -0.139. The zero-order valence-electron chi connectivity index (χ0n) is 18.3. The van der Waals surface area contributed by atoms with Gasteiger partial charge < -0.3 is 14.5 Å². The van der Waals surface area contributed by atoms with E-state index >= 15 is 0 Å². The smallest absolute Gasteiger partial charge is 0.361 e. The van der Waals surface area contributed by atoms with Crippen molar-refractivity contribution < 1.29 is 19.2 Å². The first-order valence-electron chi connectivity index (χ1n) is 11.3.